The highest BCUT2D eigenvalue weighted by molar-refractivity contribution is 9.10. The van der Waals surface area contributed by atoms with Crippen molar-refractivity contribution >= 4 is 43.2 Å². The molecule has 2 rings (SSSR count). The van der Waals surface area contributed by atoms with E-state index in [4.69, 9.17) is 18.0 Å². The van der Waals surface area contributed by atoms with Gasteiger partial charge in [0, 0.05) is 16.6 Å². The van der Waals surface area contributed by atoms with Crippen molar-refractivity contribution in [3.8, 4) is 0 Å². The minimum Gasteiger partial charge on any atom is -0.389 e. The Morgan fingerprint density at radius 2 is 1.76 bits per heavy atom. The summed E-state index contributed by atoms with van der Waals surface area (Å²) in [5, 5.41) is 0. The van der Waals surface area contributed by atoms with Gasteiger partial charge in [0.25, 0.3) is 0 Å². The van der Waals surface area contributed by atoms with E-state index in [9.17, 15) is 8.42 Å². The average molecular weight is 385 g/mol. The fourth-order valence-corrected chi connectivity index (χ4v) is 3.26. The van der Waals surface area contributed by atoms with Crippen molar-refractivity contribution in [2.24, 2.45) is 5.73 Å². The SMILES string of the molecule is NC(=S)c1ccc(S(=O)(=O)NCc2ccccc2Br)cc1. The van der Waals surface area contributed by atoms with Crippen molar-refractivity contribution in [1.29, 1.82) is 0 Å². The topological polar surface area (TPSA) is 72.2 Å². The second-order valence-electron chi connectivity index (χ2n) is 4.30. The van der Waals surface area contributed by atoms with Gasteiger partial charge in [-0.1, -0.05) is 58.5 Å². The Kier molecular flexibility index (Phi) is 5.10. The van der Waals surface area contributed by atoms with E-state index in [1.807, 2.05) is 24.3 Å². The fraction of sp³-hybridized carbons (Fsp3) is 0.0714. The highest BCUT2D eigenvalue weighted by Gasteiger charge is 2.14. The molecule has 0 saturated heterocycles. The molecule has 0 amide bonds. The van der Waals surface area contributed by atoms with Crippen molar-refractivity contribution in [3.05, 3.63) is 64.1 Å². The maximum absolute atomic E-state index is 12.2. The summed E-state index contributed by atoms with van der Waals surface area (Å²) in [6.45, 7) is 0.209. The van der Waals surface area contributed by atoms with Crippen LogP contribution in [0.5, 0.6) is 0 Å². The normalized spacial score (nSPS) is 11.3. The van der Waals surface area contributed by atoms with E-state index in [2.05, 4.69) is 20.7 Å². The Morgan fingerprint density at radius 3 is 2.33 bits per heavy atom. The molecule has 0 radical (unpaired) electrons. The number of nitrogens with one attached hydrogen (secondary N) is 1. The lowest BCUT2D eigenvalue weighted by molar-refractivity contribution is 0.581. The summed E-state index contributed by atoms with van der Waals surface area (Å²) in [4.78, 5) is 0.412. The predicted molar refractivity (Wildman–Crippen MR) is 90.5 cm³/mol. The van der Waals surface area contributed by atoms with Crippen LogP contribution in [-0.2, 0) is 16.6 Å². The van der Waals surface area contributed by atoms with Crippen LogP contribution in [0.3, 0.4) is 0 Å². The van der Waals surface area contributed by atoms with Crippen LogP contribution < -0.4 is 10.5 Å². The van der Waals surface area contributed by atoms with Crippen LogP contribution in [0.15, 0.2) is 57.9 Å². The third-order valence-corrected chi connectivity index (χ3v) is 5.29. The Balaban J connectivity index is 2.15. The van der Waals surface area contributed by atoms with E-state index < -0.39 is 10.0 Å². The zero-order chi connectivity index (χ0) is 15.5. The molecule has 0 saturated carbocycles. The Labute approximate surface area is 137 Å². The third kappa shape index (κ3) is 4.10. The Bertz CT molecular complexity index is 759. The average Bonchev–Trinajstić information content (AvgIpc) is 2.46. The molecule has 0 aliphatic carbocycles. The number of halogens is 1. The molecule has 0 bridgehead atoms. The summed E-state index contributed by atoms with van der Waals surface area (Å²) >= 11 is 8.22. The summed E-state index contributed by atoms with van der Waals surface area (Å²) in [7, 11) is -3.57. The van der Waals surface area contributed by atoms with Crippen LogP contribution in [-0.4, -0.2) is 13.4 Å². The second-order valence-corrected chi connectivity index (χ2v) is 7.37. The fourth-order valence-electron chi connectivity index (χ4n) is 1.70. The van der Waals surface area contributed by atoms with Gasteiger partial charge in [0.15, 0.2) is 0 Å². The molecule has 0 atom stereocenters. The van der Waals surface area contributed by atoms with E-state index in [-0.39, 0.29) is 16.4 Å². The molecule has 21 heavy (non-hydrogen) atoms. The largest absolute Gasteiger partial charge is 0.389 e. The molecular weight excluding hydrogens is 372 g/mol. The van der Waals surface area contributed by atoms with Crippen molar-refractivity contribution in [3.63, 3.8) is 0 Å². The summed E-state index contributed by atoms with van der Waals surface area (Å²) in [5.74, 6) is 0. The molecule has 0 unspecified atom stereocenters. The summed E-state index contributed by atoms with van der Waals surface area (Å²) in [5.41, 5.74) is 6.98. The quantitative estimate of drug-likeness (QED) is 0.776. The van der Waals surface area contributed by atoms with Gasteiger partial charge in [-0.2, -0.15) is 0 Å². The molecule has 0 aromatic heterocycles. The smallest absolute Gasteiger partial charge is 0.240 e. The van der Waals surface area contributed by atoms with Crippen molar-refractivity contribution < 1.29 is 8.42 Å². The lowest BCUT2D eigenvalue weighted by Gasteiger charge is -2.08. The van der Waals surface area contributed by atoms with Gasteiger partial charge in [-0.3, -0.25) is 0 Å². The molecular formula is C14H13BrN2O2S2. The highest BCUT2D eigenvalue weighted by Crippen LogP contribution is 2.17. The van der Waals surface area contributed by atoms with Gasteiger partial charge in [0.1, 0.15) is 4.99 Å². The zero-order valence-electron chi connectivity index (χ0n) is 10.9. The third-order valence-electron chi connectivity index (χ3n) is 2.86. The number of benzene rings is 2. The molecule has 7 heteroatoms. The van der Waals surface area contributed by atoms with Crippen LogP contribution >= 0.6 is 28.1 Å². The molecule has 0 heterocycles. The standard InChI is InChI=1S/C14H13BrN2O2S2/c15-13-4-2-1-3-11(13)9-17-21(18,19)12-7-5-10(6-8-12)14(16)20/h1-8,17H,9H2,(H2,16,20). The van der Waals surface area contributed by atoms with E-state index in [0.717, 1.165) is 10.0 Å². The lowest BCUT2D eigenvalue weighted by atomic mass is 10.2. The Hall–Kier alpha value is -1.28. The first-order valence-corrected chi connectivity index (χ1v) is 8.71. The number of hydrogen-bond acceptors (Lipinski definition) is 3. The first-order valence-electron chi connectivity index (χ1n) is 6.03. The summed E-state index contributed by atoms with van der Waals surface area (Å²) in [6, 6.07) is 13.6. The molecule has 0 aliphatic heterocycles. The number of sulfonamides is 1. The van der Waals surface area contributed by atoms with Gasteiger partial charge < -0.3 is 5.73 Å². The molecule has 110 valence electrons. The first kappa shape index (κ1) is 16.1. The van der Waals surface area contributed by atoms with Gasteiger partial charge >= 0.3 is 0 Å². The van der Waals surface area contributed by atoms with Gasteiger partial charge in [-0.15, -0.1) is 0 Å². The van der Waals surface area contributed by atoms with E-state index in [0.29, 0.717) is 5.56 Å². The lowest BCUT2D eigenvalue weighted by Crippen LogP contribution is -2.23. The maximum Gasteiger partial charge on any atom is 0.240 e. The van der Waals surface area contributed by atoms with Crippen LogP contribution in [0.2, 0.25) is 0 Å². The van der Waals surface area contributed by atoms with Gasteiger partial charge in [0.05, 0.1) is 4.90 Å². The second kappa shape index (κ2) is 6.65. The number of thiocarbonyl (C=S) groups is 1. The van der Waals surface area contributed by atoms with Crippen molar-refractivity contribution in [1.82, 2.24) is 4.72 Å². The monoisotopic (exact) mass is 384 g/mol. The minimum atomic E-state index is -3.57. The first-order chi connectivity index (χ1) is 9.90. The van der Waals surface area contributed by atoms with Gasteiger partial charge in [0.2, 0.25) is 10.0 Å². The zero-order valence-corrected chi connectivity index (χ0v) is 14.1. The van der Waals surface area contributed by atoms with Crippen molar-refractivity contribution in [2.75, 3.05) is 0 Å². The van der Waals surface area contributed by atoms with E-state index >= 15 is 0 Å². The molecule has 3 N–H and O–H groups in total. The highest BCUT2D eigenvalue weighted by atomic mass is 79.9. The number of nitrogens with two attached hydrogens (primary N) is 1. The Morgan fingerprint density at radius 1 is 1.14 bits per heavy atom. The number of rotatable bonds is 5. The van der Waals surface area contributed by atoms with Gasteiger partial charge in [-0.25, -0.2) is 13.1 Å². The van der Waals surface area contributed by atoms with Gasteiger partial charge in [-0.05, 0) is 23.8 Å². The van der Waals surface area contributed by atoms with Crippen LogP contribution in [0.25, 0.3) is 0 Å². The van der Waals surface area contributed by atoms with Crippen LogP contribution in [0, 0.1) is 0 Å². The van der Waals surface area contributed by atoms with E-state index in [1.165, 1.54) is 12.1 Å². The number of hydrogen-bond donors (Lipinski definition) is 2. The molecule has 4 nitrogen and oxygen atoms in total. The molecule has 0 aliphatic rings. The minimum absolute atomic E-state index is 0.176. The van der Waals surface area contributed by atoms with Crippen LogP contribution in [0.4, 0.5) is 0 Å². The molecule has 0 spiro atoms. The molecule has 0 fully saturated rings. The summed E-state index contributed by atoms with van der Waals surface area (Å²) in [6.07, 6.45) is 0. The maximum atomic E-state index is 12.2. The van der Waals surface area contributed by atoms with Crippen LogP contribution in [0.1, 0.15) is 11.1 Å². The molecule has 2 aromatic rings. The summed E-state index contributed by atoms with van der Waals surface area (Å²) < 4.78 is 27.8. The molecule has 2 aromatic carbocycles. The van der Waals surface area contributed by atoms with Crippen molar-refractivity contribution in [2.45, 2.75) is 11.4 Å². The predicted octanol–water partition coefficient (Wildman–Crippen LogP) is 2.56. The van der Waals surface area contributed by atoms with E-state index in [1.54, 1.807) is 12.1 Å².